The molecule has 0 aliphatic heterocycles. The number of hydrogen-bond acceptors (Lipinski definition) is 3. The Balaban J connectivity index is 2.10. The first kappa shape index (κ1) is 17.9. The van der Waals surface area contributed by atoms with Crippen LogP contribution in [0.5, 0.6) is 5.75 Å². The van der Waals surface area contributed by atoms with Crippen molar-refractivity contribution in [2.45, 2.75) is 33.7 Å². The second kappa shape index (κ2) is 8.39. The lowest BCUT2D eigenvalue weighted by molar-refractivity contribution is -0.115. The molecule has 0 saturated carbocycles. The molecule has 4 nitrogen and oxygen atoms in total. The molecule has 1 N–H and O–H groups in total. The second-order valence-electron chi connectivity index (χ2n) is 6.03. The third-order valence-corrected chi connectivity index (χ3v) is 3.76. The van der Waals surface area contributed by atoms with Gasteiger partial charge in [-0.1, -0.05) is 29.8 Å². The Labute approximate surface area is 144 Å². The summed E-state index contributed by atoms with van der Waals surface area (Å²) in [6.07, 6.45) is 0. The van der Waals surface area contributed by atoms with Crippen LogP contribution in [0.25, 0.3) is 0 Å². The third-order valence-electron chi connectivity index (χ3n) is 3.76. The average Bonchev–Trinajstić information content (AvgIpc) is 2.55. The summed E-state index contributed by atoms with van der Waals surface area (Å²) in [6, 6.07) is 16.0. The molecule has 0 aliphatic rings. The molecule has 0 saturated heterocycles. The Morgan fingerprint density at radius 2 is 1.79 bits per heavy atom. The highest BCUT2D eigenvalue weighted by Crippen LogP contribution is 2.24. The van der Waals surface area contributed by atoms with Crippen molar-refractivity contribution in [3.8, 4) is 5.75 Å². The zero-order chi connectivity index (χ0) is 17.5. The Bertz CT molecular complexity index is 666. The highest BCUT2D eigenvalue weighted by atomic mass is 16.5. The number of aryl methyl sites for hydroxylation is 1. The van der Waals surface area contributed by atoms with Crippen LogP contribution in [-0.4, -0.2) is 25.1 Å². The number of carbonyl (C=O) groups is 1. The normalized spacial score (nSPS) is 10.5. The summed E-state index contributed by atoms with van der Waals surface area (Å²) in [4.78, 5) is 14.6. The minimum atomic E-state index is -0.0589. The van der Waals surface area contributed by atoms with Crippen LogP contribution in [0.2, 0.25) is 0 Å². The largest absolute Gasteiger partial charge is 0.492 e. The van der Waals surface area contributed by atoms with Gasteiger partial charge in [0.05, 0.1) is 18.8 Å². The minimum Gasteiger partial charge on any atom is -0.492 e. The van der Waals surface area contributed by atoms with Crippen molar-refractivity contribution in [3.63, 3.8) is 0 Å². The van der Waals surface area contributed by atoms with E-state index in [4.69, 9.17) is 4.74 Å². The fraction of sp³-hybridized carbons (Fsp3) is 0.350. The summed E-state index contributed by atoms with van der Waals surface area (Å²) in [5, 5.41) is 2.96. The summed E-state index contributed by atoms with van der Waals surface area (Å²) < 4.78 is 5.56. The molecule has 0 atom stereocenters. The number of nitrogens with zero attached hydrogens (tertiary/aromatic N) is 1. The summed E-state index contributed by atoms with van der Waals surface area (Å²) >= 11 is 0. The average molecular weight is 326 g/mol. The van der Waals surface area contributed by atoms with E-state index in [-0.39, 0.29) is 11.9 Å². The Morgan fingerprint density at radius 1 is 1.12 bits per heavy atom. The first-order valence-corrected chi connectivity index (χ1v) is 8.36. The molecule has 0 fully saturated rings. The smallest absolute Gasteiger partial charge is 0.244 e. The maximum Gasteiger partial charge on any atom is 0.244 e. The number of ether oxygens (including phenoxy) is 1. The zero-order valence-electron chi connectivity index (χ0n) is 14.9. The lowest BCUT2D eigenvalue weighted by Gasteiger charge is -2.28. The van der Waals surface area contributed by atoms with E-state index in [0.717, 1.165) is 5.69 Å². The molecule has 24 heavy (non-hydrogen) atoms. The standard InChI is InChI=1S/C20H26N2O2/c1-5-24-19-9-7-6-8-18(19)21-20(23)14-22(15(2)3)17-12-10-16(4)11-13-17/h6-13,15H,5,14H2,1-4H3,(H,21,23). The zero-order valence-corrected chi connectivity index (χ0v) is 14.9. The molecule has 0 spiro atoms. The summed E-state index contributed by atoms with van der Waals surface area (Å²) in [7, 11) is 0. The highest BCUT2D eigenvalue weighted by molar-refractivity contribution is 5.95. The monoisotopic (exact) mass is 326 g/mol. The van der Waals surface area contributed by atoms with Crippen LogP contribution in [0.3, 0.4) is 0 Å². The number of anilines is 2. The van der Waals surface area contributed by atoms with Crippen molar-refractivity contribution in [2.75, 3.05) is 23.4 Å². The van der Waals surface area contributed by atoms with Gasteiger partial charge in [0.15, 0.2) is 0 Å². The van der Waals surface area contributed by atoms with Gasteiger partial charge in [-0.05, 0) is 52.0 Å². The lowest BCUT2D eigenvalue weighted by Crippen LogP contribution is -2.38. The van der Waals surface area contributed by atoms with E-state index >= 15 is 0 Å². The van der Waals surface area contributed by atoms with Crippen LogP contribution in [0.15, 0.2) is 48.5 Å². The molecular formula is C20H26N2O2. The van der Waals surface area contributed by atoms with Crippen molar-refractivity contribution in [3.05, 3.63) is 54.1 Å². The highest BCUT2D eigenvalue weighted by Gasteiger charge is 2.16. The summed E-state index contributed by atoms with van der Waals surface area (Å²) in [6.45, 7) is 9.01. The van der Waals surface area contributed by atoms with E-state index in [1.165, 1.54) is 5.56 Å². The van der Waals surface area contributed by atoms with Gasteiger partial charge in [-0.3, -0.25) is 4.79 Å². The van der Waals surface area contributed by atoms with Crippen LogP contribution in [0.4, 0.5) is 11.4 Å². The molecule has 128 valence electrons. The molecule has 0 heterocycles. The summed E-state index contributed by atoms with van der Waals surface area (Å²) in [5.41, 5.74) is 2.96. The number of nitrogens with one attached hydrogen (secondary N) is 1. The van der Waals surface area contributed by atoms with Gasteiger partial charge >= 0.3 is 0 Å². The molecule has 4 heteroatoms. The maximum absolute atomic E-state index is 12.5. The second-order valence-corrected chi connectivity index (χ2v) is 6.03. The molecule has 0 aromatic heterocycles. The van der Waals surface area contributed by atoms with Crippen LogP contribution in [-0.2, 0) is 4.79 Å². The molecular weight excluding hydrogens is 300 g/mol. The van der Waals surface area contributed by atoms with Gasteiger partial charge in [0.2, 0.25) is 5.91 Å². The molecule has 0 aliphatic carbocycles. The first-order valence-electron chi connectivity index (χ1n) is 8.36. The molecule has 0 unspecified atom stereocenters. The van der Waals surface area contributed by atoms with E-state index in [9.17, 15) is 4.79 Å². The van der Waals surface area contributed by atoms with Gasteiger partial charge in [-0.2, -0.15) is 0 Å². The Morgan fingerprint density at radius 3 is 2.42 bits per heavy atom. The van der Waals surface area contributed by atoms with Crippen LogP contribution in [0.1, 0.15) is 26.3 Å². The molecule has 2 aromatic carbocycles. The Kier molecular flexibility index (Phi) is 6.24. The number of para-hydroxylation sites is 2. The minimum absolute atomic E-state index is 0.0589. The predicted molar refractivity (Wildman–Crippen MR) is 99.9 cm³/mol. The predicted octanol–water partition coefficient (Wildman–Crippen LogP) is 4.25. The molecule has 2 aromatic rings. The van der Waals surface area contributed by atoms with E-state index in [2.05, 4.69) is 55.3 Å². The number of hydrogen-bond donors (Lipinski definition) is 1. The quantitative estimate of drug-likeness (QED) is 0.827. The maximum atomic E-state index is 12.5. The van der Waals surface area contributed by atoms with Crippen LogP contribution in [0, 0.1) is 6.92 Å². The third kappa shape index (κ3) is 4.75. The summed E-state index contributed by atoms with van der Waals surface area (Å²) in [5.74, 6) is 0.635. The first-order chi connectivity index (χ1) is 11.5. The fourth-order valence-corrected chi connectivity index (χ4v) is 2.50. The number of amides is 1. The molecule has 0 bridgehead atoms. The Hall–Kier alpha value is -2.49. The van der Waals surface area contributed by atoms with E-state index in [0.29, 0.717) is 24.6 Å². The van der Waals surface area contributed by atoms with Gasteiger partial charge in [0, 0.05) is 11.7 Å². The van der Waals surface area contributed by atoms with Gasteiger partial charge in [0.25, 0.3) is 0 Å². The van der Waals surface area contributed by atoms with Crippen LogP contribution >= 0.6 is 0 Å². The van der Waals surface area contributed by atoms with Crippen molar-refractivity contribution in [1.82, 2.24) is 0 Å². The SMILES string of the molecule is CCOc1ccccc1NC(=O)CN(c1ccc(C)cc1)C(C)C. The van der Waals surface area contributed by atoms with Crippen molar-refractivity contribution in [1.29, 1.82) is 0 Å². The van der Waals surface area contributed by atoms with Gasteiger partial charge < -0.3 is 15.0 Å². The molecule has 2 rings (SSSR count). The van der Waals surface area contributed by atoms with Gasteiger partial charge in [-0.15, -0.1) is 0 Å². The van der Waals surface area contributed by atoms with E-state index in [1.807, 2.05) is 31.2 Å². The molecule has 0 radical (unpaired) electrons. The van der Waals surface area contributed by atoms with Crippen molar-refractivity contribution < 1.29 is 9.53 Å². The fourth-order valence-electron chi connectivity index (χ4n) is 2.50. The number of rotatable bonds is 7. The van der Waals surface area contributed by atoms with Crippen LogP contribution < -0.4 is 15.0 Å². The van der Waals surface area contributed by atoms with Gasteiger partial charge in [-0.25, -0.2) is 0 Å². The lowest BCUT2D eigenvalue weighted by atomic mass is 10.2. The van der Waals surface area contributed by atoms with Crippen molar-refractivity contribution in [2.24, 2.45) is 0 Å². The van der Waals surface area contributed by atoms with Crippen molar-refractivity contribution >= 4 is 17.3 Å². The van der Waals surface area contributed by atoms with E-state index < -0.39 is 0 Å². The van der Waals surface area contributed by atoms with Gasteiger partial charge in [0.1, 0.15) is 5.75 Å². The molecule has 1 amide bonds. The number of benzene rings is 2. The number of carbonyl (C=O) groups excluding carboxylic acids is 1. The topological polar surface area (TPSA) is 41.6 Å². The van der Waals surface area contributed by atoms with E-state index in [1.54, 1.807) is 0 Å².